The summed E-state index contributed by atoms with van der Waals surface area (Å²) in [6.45, 7) is 0.695. The lowest BCUT2D eigenvalue weighted by Gasteiger charge is -2.10. The van der Waals surface area contributed by atoms with Crippen LogP contribution in [0.5, 0.6) is 11.5 Å². The quantitative estimate of drug-likeness (QED) is 0.0209. The molecule has 1 N–H and O–H groups in total. The van der Waals surface area contributed by atoms with Crippen molar-refractivity contribution >= 4 is 57.4 Å². The third-order valence-corrected chi connectivity index (χ3v) is 10.4. The molecule has 0 heterocycles. The molecule has 0 amide bonds. The summed E-state index contributed by atoms with van der Waals surface area (Å²) in [5.74, 6) is -4.20. The number of aliphatic hydroxyl groups excluding tert-OH is 1. The van der Waals surface area contributed by atoms with Crippen LogP contribution in [-0.2, 0) is 48.0 Å². The summed E-state index contributed by atoms with van der Waals surface area (Å²) in [6, 6.07) is 23.2. The molecule has 0 spiro atoms. The Hall–Kier alpha value is -7.64. The van der Waals surface area contributed by atoms with E-state index in [1.807, 2.05) is 0 Å². The number of aliphatic hydroxyl groups is 1. The first-order valence-corrected chi connectivity index (χ1v) is 21.4. The van der Waals surface area contributed by atoms with E-state index in [0.717, 1.165) is 12.0 Å². The van der Waals surface area contributed by atoms with Gasteiger partial charge in [0.05, 0.1) is 35.0 Å². The van der Waals surface area contributed by atoms with Crippen molar-refractivity contribution in [3.8, 4) is 11.5 Å². The maximum Gasteiger partial charge on any atom is 0.344 e. The standard InChI is InChI=1S/C20H19NO11S.C20H19NO9S.CH4O/c1-14(22)32-18-6-3-2-5-17(18)20(24)30-13-29-19(23)15-7-9-16(10-8-15)33(27,28)12-4-11-31-21(25)26;1-14(22)30-18-6-3-2-5-17(18)20(24)28-13-27-19(23)15-7-9-16(10-8-15)31-12-4-11-29-21(25)26;1-2/h2-3,5-10H,4,11-13H2,1H3;2-3,5-10H,4,11-13H2,1H3;2H,1H3. The zero-order valence-electron chi connectivity index (χ0n) is 35.2. The first kappa shape index (κ1) is 54.5. The maximum absolute atomic E-state index is 12.2. The molecule has 25 heteroatoms. The highest BCUT2D eigenvalue weighted by molar-refractivity contribution is 7.99. The van der Waals surface area contributed by atoms with Crippen LogP contribution in [0.4, 0.5) is 0 Å². The fraction of sp³-hybridized carbons (Fsp3) is 0.268. The summed E-state index contributed by atoms with van der Waals surface area (Å²) in [7, 11) is -2.73. The van der Waals surface area contributed by atoms with Crippen LogP contribution >= 0.6 is 11.8 Å². The first-order chi connectivity index (χ1) is 31.5. The van der Waals surface area contributed by atoms with Crippen LogP contribution in [-0.4, -0.2) is 105 Å². The van der Waals surface area contributed by atoms with Gasteiger partial charge in [0.1, 0.15) is 22.6 Å². The Balaban J connectivity index is 0.000000438. The van der Waals surface area contributed by atoms with Crippen molar-refractivity contribution in [2.75, 3.05) is 45.4 Å². The van der Waals surface area contributed by atoms with E-state index in [2.05, 4.69) is 9.68 Å². The Kier molecular flexibility index (Phi) is 23.9. The van der Waals surface area contributed by atoms with Gasteiger partial charge >= 0.3 is 35.8 Å². The molecule has 4 rings (SSSR count). The van der Waals surface area contributed by atoms with Crippen LogP contribution in [0.15, 0.2) is 107 Å². The van der Waals surface area contributed by atoms with Gasteiger partial charge in [-0.2, -0.15) is 0 Å². The number of nitrogens with zero attached hydrogens (tertiary/aromatic N) is 2. The molecule has 4 aromatic rings. The zero-order valence-corrected chi connectivity index (χ0v) is 36.9. The van der Waals surface area contributed by atoms with Gasteiger partial charge in [0.25, 0.3) is 10.2 Å². The number of rotatable bonds is 22. The Morgan fingerprint density at radius 2 is 0.970 bits per heavy atom. The molecule has 0 aliphatic heterocycles. The minimum absolute atomic E-state index is 0.00185. The minimum atomic E-state index is -3.73. The fourth-order valence-electron chi connectivity index (χ4n) is 4.73. The molecule has 0 saturated heterocycles. The summed E-state index contributed by atoms with van der Waals surface area (Å²) in [5, 5.41) is 25.3. The van der Waals surface area contributed by atoms with Gasteiger partial charge in [0, 0.05) is 25.9 Å². The molecule has 0 bridgehead atoms. The van der Waals surface area contributed by atoms with E-state index in [-0.39, 0.29) is 64.0 Å². The highest BCUT2D eigenvalue weighted by atomic mass is 32.2. The molecule has 0 unspecified atom stereocenters. The molecule has 66 heavy (non-hydrogen) atoms. The number of sulfone groups is 1. The van der Waals surface area contributed by atoms with Crippen molar-refractivity contribution in [2.45, 2.75) is 36.5 Å². The van der Waals surface area contributed by atoms with Gasteiger partial charge in [0.2, 0.25) is 13.6 Å². The van der Waals surface area contributed by atoms with Crippen LogP contribution in [0.25, 0.3) is 0 Å². The molecule has 0 aromatic heterocycles. The summed E-state index contributed by atoms with van der Waals surface area (Å²) < 4.78 is 53.8. The van der Waals surface area contributed by atoms with E-state index in [1.54, 1.807) is 42.5 Å². The van der Waals surface area contributed by atoms with Gasteiger partial charge in [-0.05, 0) is 91.4 Å². The molecular formula is C41H42N2O21S2. The Morgan fingerprint density at radius 3 is 1.39 bits per heavy atom. The van der Waals surface area contributed by atoms with E-state index in [4.69, 9.17) is 33.5 Å². The number of carbonyl (C=O) groups excluding carboxylic acids is 6. The molecule has 0 radical (unpaired) electrons. The minimum Gasteiger partial charge on any atom is -0.426 e. The molecule has 0 atom stereocenters. The Labute approximate surface area is 379 Å². The van der Waals surface area contributed by atoms with Crippen LogP contribution in [0.3, 0.4) is 0 Å². The SMILES string of the molecule is CC(=O)Oc1ccccc1C(=O)OCOC(=O)c1ccc(S(=O)(=O)CCCO[N+](=O)[O-])cc1.CC(=O)Oc1ccccc1C(=O)OCOC(=O)c1ccc(SCCCO[N+](=O)[O-])cc1.CO. The summed E-state index contributed by atoms with van der Waals surface area (Å²) in [5.41, 5.74) is 0.250. The third-order valence-electron chi connectivity index (χ3n) is 7.53. The first-order valence-electron chi connectivity index (χ1n) is 18.7. The van der Waals surface area contributed by atoms with Crippen molar-refractivity contribution < 1.29 is 90.6 Å². The lowest BCUT2D eigenvalue weighted by atomic mass is 10.2. The number of thioether (sulfide) groups is 1. The van der Waals surface area contributed by atoms with Gasteiger partial charge in [-0.15, -0.1) is 32.0 Å². The fourth-order valence-corrected chi connectivity index (χ4v) is 6.84. The average molecular weight is 963 g/mol. The van der Waals surface area contributed by atoms with E-state index in [9.17, 15) is 57.4 Å². The van der Waals surface area contributed by atoms with Gasteiger partial charge in [-0.3, -0.25) is 9.59 Å². The van der Waals surface area contributed by atoms with Crippen molar-refractivity contribution in [1.82, 2.24) is 0 Å². The largest absolute Gasteiger partial charge is 0.426 e. The molecule has 4 aromatic carbocycles. The predicted octanol–water partition coefficient (Wildman–Crippen LogP) is 4.84. The number of hydrogen-bond acceptors (Lipinski definition) is 22. The average Bonchev–Trinajstić information content (AvgIpc) is 3.28. The summed E-state index contributed by atoms with van der Waals surface area (Å²) in [4.78, 5) is 99.9. The van der Waals surface area contributed by atoms with Crippen molar-refractivity contribution in [2.24, 2.45) is 0 Å². The van der Waals surface area contributed by atoms with Crippen molar-refractivity contribution in [3.05, 3.63) is 140 Å². The monoisotopic (exact) mass is 962 g/mol. The Bertz CT molecular complexity index is 2390. The van der Waals surface area contributed by atoms with E-state index < -0.39 is 69.4 Å². The smallest absolute Gasteiger partial charge is 0.344 e. The van der Waals surface area contributed by atoms with Crippen LogP contribution in [0.1, 0.15) is 68.1 Å². The third kappa shape index (κ3) is 20.2. The van der Waals surface area contributed by atoms with E-state index in [0.29, 0.717) is 12.2 Å². The molecule has 23 nitrogen and oxygen atoms in total. The number of benzene rings is 4. The van der Waals surface area contributed by atoms with E-state index >= 15 is 0 Å². The number of hydrogen-bond donors (Lipinski definition) is 1. The topological polar surface area (TPSA) is 317 Å². The molecule has 0 aliphatic carbocycles. The second-order valence-corrected chi connectivity index (χ2v) is 15.5. The summed E-state index contributed by atoms with van der Waals surface area (Å²) in [6.07, 6.45) is 0.417. The number of para-hydroxylation sites is 2. The summed E-state index contributed by atoms with van der Waals surface area (Å²) >= 11 is 1.46. The number of esters is 6. The van der Waals surface area contributed by atoms with Gasteiger partial charge in [-0.25, -0.2) is 27.6 Å². The lowest BCUT2D eigenvalue weighted by Crippen LogP contribution is -2.15. The normalized spacial score (nSPS) is 10.2. The van der Waals surface area contributed by atoms with Crippen molar-refractivity contribution in [3.63, 3.8) is 0 Å². The molecule has 0 aliphatic rings. The maximum atomic E-state index is 12.2. The predicted molar refractivity (Wildman–Crippen MR) is 226 cm³/mol. The second kappa shape index (κ2) is 28.9. The van der Waals surface area contributed by atoms with Crippen molar-refractivity contribution in [1.29, 1.82) is 0 Å². The van der Waals surface area contributed by atoms with Crippen LogP contribution < -0.4 is 9.47 Å². The Morgan fingerprint density at radius 1 is 0.576 bits per heavy atom. The van der Waals surface area contributed by atoms with Gasteiger partial charge in [-0.1, -0.05) is 24.3 Å². The van der Waals surface area contributed by atoms with E-state index in [1.165, 1.54) is 80.2 Å². The molecule has 0 fully saturated rings. The molecule has 0 saturated carbocycles. The molecule has 354 valence electrons. The van der Waals surface area contributed by atoms with Crippen LogP contribution in [0.2, 0.25) is 0 Å². The zero-order chi connectivity index (χ0) is 49.1. The van der Waals surface area contributed by atoms with Gasteiger partial charge in [0.15, 0.2) is 9.84 Å². The van der Waals surface area contributed by atoms with Gasteiger partial charge < -0.3 is 43.2 Å². The lowest BCUT2D eigenvalue weighted by molar-refractivity contribution is -0.757. The second-order valence-electron chi connectivity index (χ2n) is 12.2. The number of carbonyl (C=O) groups is 6. The highest BCUT2D eigenvalue weighted by Gasteiger charge is 2.19. The number of ether oxygens (including phenoxy) is 6. The van der Waals surface area contributed by atoms with Crippen LogP contribution in [0, 0.1) is 20.2 Å². The molecular weight excluding hydrogens is 921 g/mol. The highest BCUT2D eigenvalue weighted by Crippen LogP contribution is 2.22.